The molecule has 3 aromatic rings. The van der Waals surface area contributed by atoms with E-state index in [2.05, 4.69) is 39.7 Å². The first-order valence-corrected chi connectivity index (χ1v) is 9.20. The molecule has 0 unspecified atom stereocenters. The molecule has 1 heterocycles. The number of carbonyl (C=O) groups is 1. The SMILES string of the molecule is Cc1ccccc1CNc1cc(C(=O)Nc2ccccc2OC(C)C)ncn1. The lowest BCUT2D eigenvalue weighted by Crippen LogP contribution is -2.16. The van der Waals surface area contributed by atoms with E-state index in [-0.39, 0.29) is 17.7 Å². The predicted molar refractivity (Wildman–Crippen MR) is 111 cm³/mol. The molecule has 0 spiro atoms. The van der Waals surface area contributed by atoms with Gasteiger partial charge in [-0.15, -0.1) is 0 Å². The molecule has 0 aliphatic rings. The van der Waals surface area contributed by atoms with Crippen LogP contribution in [0.2, 0.25) is 0 Å². The van der Waals surface area contributed by atoms with Crippen LogP contribution in [0.4, 0.5) is 11.5 Å². The highest BCUT2D eigenvalue weighted by molar-refractivity contribution is 6.04. The minimum absolute atomic E-state index is 0.00866. The van der Waals surface area contributed by atoms with E-state index in [4.69, 9.17) is 4.74 Å². The van der Waals surface area contributed by atoms with E-state index < -0.39 is 0 Å². The summed E-state index contributed by atoms with van der Waals surface area (Å²) < 4.78 is 5.74. The maximum absolute atomic E-state index is 12.6. The molecule has 0 radical (unpaired) electrons. The average Bonchev–Trinajstić information content (AvgIpc) is 2.69. The van der Waals surface area contributed by atoms with Gasteiger partial charge in [0.05, 0.1) is 11.8 Å². The number of ether oxygens (including phenoxy) is 1. The van der Waals surface area contributed by atoms with Crippen molar-refractivity contribution in [2.45, 2.75) is 33.4 Å². The van der Waals surface area contributed by atoms with Gasteiger partial charge in [0.15, 0.2) is 0 Å². The highest BCUT2D eigenvalue weighted by Gasteiger charge is 2.13. The van der Waals surface area contributed by atoms with Gasteiger partial charge in [-0.2, -0.15) is 0 Å². The largest absolute Gasteiger partial charge is 0.489 e. The third-order valence-corrected chi connectivity index (χ3v) is 4.12. The Morgan fingerprint density at radius 1 is 1.07 bits per heavy atom. The van der Waals surface area contributed by atoms with Crippen LogP contribution in [0.3, 0.4) is 0 Å². The number of para-hydroxylation sites is 2. The fraction of sp³-hybridized carbons (Fsp3) is 0.227. The normalized spacial score (nSPS) is 10.6. The molecule has 2 aromatic carbocycles. The number of amides is 1. The van der Waals surface area contributed by atoms with Crippen LogP contribution in [-0.4, -0.2) is 22.0 Å². The Morgan fingerprint density at radius 2 is 1.82 bits per heavy atom. The Morgan fingerprint density at radius 3 is 2.61 bits per heavy atom. The maximum Gasteiger partial charge on any atom is 0.274 e. The van der Waals surface area contributed by atoms with Gasteiger partial charge in [-0.25, -0.2) is 9.97 Å². The molecule has 3 rings (SSSR count). The summed E-state index contributed by atoms with van der Waals surface area (Å²) in [4.78, 5) is 20.9. The molecular formula is C22H24N4O2. The zero-order valence-corrected chi connectivity index (χ0v) is 16.3. The maximum atomic E-state index is 12.6. The summed E-state index contributed by atoms with van der Waals surface area (Å²) in [5.74, 6) is 0.897. The number of carbonyl (C=O) groups excluding carboxylic acids is 1. The second-order valence-electron chi connectivity index (χ2n) is 6.69. The molecule has 2 N–H and O–H groups in total. The summed E-state index contributed by atoms with van der Waals surface area (Å²) in [6.45, 7) is 6.56. The van der Waals surface area contributed by atoms with Crippen molar-refractivity contribution in [1.29, 1.82) is 0 Å². The molecule has 0 saturated heterocycles. The number of aryl methyl sites for hydroxylation is 1. The third-order valence-electron chi connectivity index (χ3n) is 4.12. The molecule has 0 fully saturated rings. The number of rotatable bonds is 7. The predicted octanol–water partition coefficient (Wildman–Crippen LogP) is 4.44. The second kappa shape index (κ2) is 8.99. The molecule has 1 aromatic heterocycles. The second-order valence-corrected chi connectivity index (χ2v) is 6.69. The smallest absolute Gasteiger partial charge is 0.274 e. The van der Waals surface area contributed by atoms with Crippen molar-refractivity contribution < 1.29 is 9.53 Å². The number of anilines is 2. The first kappa shape index (κ1) is 19.4. The summed E-state index contributed by atoms with van der Waals surface area (Å²) in [6.07, 6.45) is 1.39. The standard InChI is InChI=1S/C22H24N4O2/c1-15(2)28-20-11-7-6-10-18(20)26-22(27)19-12-21(25-14-24-19)23-13-17-9-5-4-8-16(17)3/h4-12,14-15H,13H2,1-3H3,(H,26,27)(H,23,24,25). The van der Waals surface area contributed by atoms with Gasteiger partial charge in [0.1, 0.15) is 23.6 Å². The average molecular weight is 376 g/mol. The van der Waals surface area contributed by atoms with Crippen LogP contribution in [0, 0.1) is 6.92 Å². The zero-order chi connectivity index (χ0) is 19.9. The van der Waals surface area contributed by atoms with Crippen LogP contribution in [-0.2, 0) is 6.54 Å². The van der Waals surface area contributed by atoms with E-state index in [1.54, 1.807) is 12.1 Å². The highest BCUT2D eigenvalue weighted by atomic mass is 16.5. The number of hydrogen-bond donors (Lipinski definition) is 2. The Kier molecular flexibility index (Phi) is 6.22. The lowest BCUT2D eigenvalue weighted by atomic mass is 10.1. The molecule has 0 atom stereocenters. The molecular weight excluding hydrogens is 352 g/mol. The van der Waals surface area contributed by atoms with E-state index in [0.717, 1.165) is 0 Å². The molecule has 6 nitrogen and oxygen atoms in total. The summed E-state index contributed by atoms with van der Waals surface area (Å²) in [6, 6.07) is 17.1. The minimum atomic E-state index is -0.318. The van der Waals surface area contributed by atoms with Crippen molar-refractivity contribution in [3.63, 3.8) is 0 Å². The van der Waals surface area contributed by atoms with E-state index in [1.807, 2.05) is 44.2 Å². The molecule has 1 amide bonds. The van der Waals surface area contributed by atoms with Gasteiger partial charge in [0.25, 0.3) is 5.91 Å². The van der Waals surface area contributed by atoms with Gasteiger partial charge in [0.2, 0.25) is 0 Å². The van der Waals surface area contributed by atoms with Crippen molar-refractivity contribution >= 4 is 17.4 Å². The monoisotopic (exact) mass is 376 g/mol. The zero-order valence-electron chi connectivity index (χ0n) is 16.3. The fourth-order valence-corrected chi connectivity index (χ4v) is 2.69. The van der Waals surface area contributed by atoms with Gasteiger partial charge < -0.3 is 15.4 Å². The van der Waals surface area contributed by atoms with Gasteiger partial charge in [-0.1, -0.05) is 36.4 Å². The van der Waals surface area contributed by atoms with Gasteiger partial charge in [-0.3, -0.25) is 4.79 Å². The van der Waals surface area contributed by atoms with E-state index in [9.17, 15) is 4.79 Å². The Labute approximate surface area is 165 Å². The van der Waals surface area contributed by atoms with Crippen molar-refractivity contribution in [2.24, 2.45) is 0 Å². The molecule has 0 aliphatic heterocycles. The number of aromatic nitrogens is 2. The van der Waals surface area contributed by atoms with Crippen LogP contribution < -0.4 is 15.4 Å². The van der Waals surface area contributed by atoms with Crippen molar-refractivity contribution in [3.8, 4) is 5.75 Å². The molecule has 0 aliphatic carbocycles. The number of hydrogen-bond acceptors (Lipinski definition) is 5. The quantitative estimate of drug-likeness (QED) is 0.638. The summed E-state index contributed by atoms with van der Waals surface area (Å²) in [5.41, 5.74) is 3.26. The van der Waals surface area contributed by atoms with Gasteiger partial charge >= 0.3 is 0 Å². The molecule has 0 saturated carbocycles. The minimum Gasteiger partial charge on any atom is -0.489 e. The first-order valence-electron chi connectivity index (χ1n) is 9.20. The summed E-state index contributed by atoms with van der Waals surface area (Å²) >= 11 is 0. The van der Waals surface area contributed by atoms with Crippen molar-refractivity contribution in [1.82, 2.24) is 9.97 Å². The van der Waals surface area contributed by atoms with E-state index in [0.29, 0.717) is 23.8 Å². The summed E-state index contributed by atoms with van der Waals surface area (Å²) in [7, 11) is 0. The number of nitrogens with one attached hydrogen (secondary N) is 2. The Balaban J connectivity index is 1.70. The van der Waals surface area contributed by atoms with Gasteiger partial charge in [-0.05, 0) is 44.0 Å². The van der Waals surface area contributed by atoms with E-state index in [1.165, 1.54) is 17.5 Å². The number of nitrogens with zero attached hydrogens (tertiary/aromatic N) is 2. The van der Waals surface area contributed by atoms with Crippen LogP contribution in [0.25, 0.3) is 0 Å². The van der Waals surface area contributed by atoms with Crippen LogP contribution in [0.15, 0.2) is 60.9 Å². The van der Waals surface area contributed by atoms with Crippen molar-refractivity contribution in [3.05, 3.63) is 77.7 Å². The number of benzene rings is 2. The lowest BCUT2D eigenvalue weighted by molar-refractivity contribution is 0.102. The lowest BCUT2D eigenvalue weighted by Gasteiger charge is -2.14. The first-order chi connectivity index (χ1) is 13.5. The topological polar surface area (TPSA) is 76.1 Å². The molecule has 6 heteroatoms. The van der Waals surface area contributed by atoms with Crippen LogP contribution >= 0.6 is 0 Å². The Bertz CT molecular complexity index is 957. The van der Waals surface area contributed by atoms with Crippen LogP contribution in [0.5, 0.6) is 5.75 Å². The van der Waals surface area contributed by atoms with Crippen LogP contribution in [0.1, 0.15) is 35.5 Å². The van der Waals surface area contributed by atoms with E-state index >= 15 is 0 Å². The highest BCUT2D eigenvalue weighted by Crippen LogP contribution is 2.25. The fourth-order valence-electron chi connectivity index (χ4n) is 2.69. The third kappa shape index (κ3) is 5.07. The van der Waals surface area contributed by atoms with Gasteiger partial charge in [0, 0.05) is 12.6 Å². The molecule has 144 valence electrons. The Hall–Kier alpha value is -3.41. The summed E-state index contributed by atoms with van der Waals surface area (Å²) in [5, 5.41) is 6.10. The molecule has 0 bridgehead atoms. The molecule has 28 heavy (non-hydrogen) atoms. The van der Waals surface area contributed by atoms with Crippen molar-refractivity contribution in [2.75, 3.05) is 10.6 Å².